The van der Waals surface area contributed by atoms with Crippen LogP contribution in [0.5, 0.6) is 0 Å². The van der Waals surface area contributed by atoms with Crippen molar-refractivity contribution < 1.29 is 8.78 Å². The molecule has 0 aromatic carbocycles. The van der Waals surface area contributed by atoms with E-state index in [4.69, 9.17) is 0 Å². The maximum Gasteiger partial charge on any atom is 0.168 e. The Labute approximate surface area is 98.6 Å². The molecule has 0 radical (unpaired) electrons. The van der Waals surface area contributed by atoms with Crippen LogP contribution in [-0.2, 0) is 0 Å². The zero-order valence-electron chi connectivity index (χ0n) is 9.42. The number of halogens is 2. The second-order valence-corrected chi connectivity index (χ2v) is 4.93. The Morgan fingerprint density at radius 1 is 1.24 bits per heavy atom. The second kappa shape index (κ2) is 4.22. The van der Waals surface area contributed by atoms with Gasteiger partial charge in [-0.15, -0.1) is 0 Å². The van der Waals surface area contributed by atoms with Gasteiger partial charge in [-0.1, -0.05) is 0 Å². The van der Waals surface area contributed by atoms with Gasteiger partial charge in [0.15, 0.2) is 11.6 Å². The van der Waals surface area contributed by atoms with Crippen molar-refractivity contribution in [1.82, 2.24) is 10.3 Å². The van der Waals surface area contributed by atoms with Gasteiger partial charge in [-0.3, -0.25) is 0 Å². The van der Waals surface area contributed by atoms with Crippen LogP contribution >= 0.6 is 0 Å². The lowest BCUT2D eigenvalue weighted by molar-refractivity contribution is 0.376. The highest BCUT2D eigenvalue weighted by Gasteiger charge is 2.33. The molecule has 3 rings (SSSR count). The van der Waals surface area contributed by atoms with E-state index in [1.54, 1.807) is 0 Å². The lowest BCUT2D eigenvalue weighted by Crippen LogP contribution is -2.43. The Morgan fingerprint density at radius 3 is 2.59 bits per heavy atom. The molecule has 3 nitrogen and oxygen atoms in total. The minimum Gasteiger partial charge on any atom is -0.365 e. The minimum atomic E-state index is -0.640. The van der Waals surface area contributed by atoms with E-state index < -0.39 is 11.6 Å². The van der Waals surface area contributed by atoms with Gasteiger partial charge in [-0.25, -0.2) is 13.8 Å². The number of hydrogen-bond acceptors (Lipinski definition) is 3. The molecule has 1 aromatic heterocycles. The van der Waals surface area contributed by atoms with Gasteiger partial charge >= 0.3 is 0 Å². The largest absolute Gasteiger partial charge is 0.365 e. The fourth-order valence-electron chi connectivity index (χ4n) is 2.89. The molecule has 2 fully saturated rings. The van der Waals surface area contributed by atoms with Gasteiger partial charge in [-0.05, 0) is 25.7 Å². The summed E-state index contributed by atoms with van der Waals surface area (Å²) in [7, 11) is 0. The molecule has 92 valence electrons. The lowest BCUT2D eigenvalue weighted by atomic mass is 10.00. The summed E-state index contributed by atoms with van der Waals surface area (Å²) in [5.41, 5.74) is 0. The standard InChI is InChI=1S/C12H15F2N3/c13-7-3-11(14)12(15-6-7)17-10-4-8-1-2-9(5-10)16-8/h3,6,8-10,16H,1-2,4-5H2,(H,15,17). The van der Waals surface area contributed by atoms with Gasteiger partial charge in [0, 0.05) is 24.2 Å². The smallest absolute Gasteiger partial charge is 0.168 e. The molecule has 2 aliphatic rings. The number of anilines is 1. The van der Waals surface area contributed by atoms with Crippen molar-refractivity contribution >= 4 is 5.82 Å². The van der Waals surface area contributed by atoms with Gasteiger partial charge in [-0.2, -0.15) is 0 Å². The van der Waals surface area contributed by atoms with E-state index in [0.29, 0.717) is 12.1 Å². The summed E-state index contributed by atoms with van der Waals surface area (Å²) in [5.74, 6) is -1.09. The number of pyridine rings is 1. The molecule has 3 heterocycles. The average Bonchev–Trinajstić information content (AvgIpc) is 2.62. The van der Waals surface area contributed by atoms with E-state index in [1.165, 1.54) is 12.8 Å². The highest BCUT2D eigenvalue weighted by Crippen LogP contribution is 2.28. The maximum absolute atomic E-state index is 13.4. The van der Waals surface area contributed by atoms with Crippen LogP contribution in [0.1, 0.15) is 25.7 Å². The van der Waals surface area contributed by atoms with E-state index in [-0.39, 0.29) is 11.9 Å². The summed E-state index contributed by atoms with van der Waals surface area (Å²) >= 11 is 0. The summed E-state index contributed by atoms with van der Waals surface area (Å²) in [6.45, 7) is 0. The molecular formula is C12H15F2N3. The third-order valence-corrected chi connectivity index (χ3v) is 3.62. The molecule has 0 aliphatic carbocycles. The van der Waals surface area contributed by atoms with Crippen LogP contribution in [0.15, 0.2) is 12.3 Å². The van der Waals surface area contributed by atoms with E-state index in [0.717, 1.165) is 25.1 Å². The first-order valence-corrected chi connectivity index (χ1v) is 6.04. The number of aromatic nitrogens is 1. The van der Waals surface area contributed by atoms with Crippen molar-refractivity contribution in [2.45, 2.75) is 43.8 Å². The van der Waals surface area contributed by atoms with Gasteiger partial charge in [0.2, 0.25) is 0 Å². The van der Waals surface area contributed by atoms with Crippen LogP contribution in [0.2, 0.25) is 0 Å². The van der Waals surface area contributed by atoms with Crippen LogP contribution in [0.4, 0.5) is 14.6 Å². The SMILES string of the molecule is Fc1cnc(NC2CC3CCC(C2)N3)c(F)c1. The minimum absolute atomic E-state index is 0.165. The molecule has 2 N–H and O–H groups in total. The molecule has 0 amide bonds. The molecule has 0 saturated carbocycles. The number of piperidine rings is 1. The number of nitrogens with zero attached hydrogens (tertiary/aromatic N) is 1. The summed E-state index contributed by atoms with van der Waals surface area (Å²) < 4.78 is 26.2. The Morgan fingerprint density at radius 2 is 1.94 bits per heavy atom. The third-order valence-electron chi connectivity index (χ3n) is 3.62. The molecule has 2 bridgehead atoms. The number of nitrogens with one attached hydrogen (secondary N) is 2. The zero-order valence-corrected chi connectivity index (χ0v) is 9.42. The summed E-state index contributed by atoms with van der Waals surface area (Å²) in [6, 6.07) is 2.18. The van der Waals surface area contributed by atoms with E-state index in [1.807, 2.05) is 0 Å². The molecule has 17 heavy (non-hydrogen) atoms. The normalized spacial score (nSPS) is 31.5. The first kappa shape index (κ1) is 10.9. The monoisotopic (exact) mass is 239 g/mol. The first-order valence-electron chi connectivity index (χ1n) is 6.04. The van der Waals surface area contributed by atoms with Crippen LogP contribution in [0.25, 0.3) is 0 Å². The highest BCUT2D eigenvalue weighted by atomic mass is 19.1. The van der Waals surface area contributed by atoms with E-state index >= 15 is 0 Å². The number of hydrogen-bond donors (Lipinski definition) is 2. The number of fused-ring (bicyclic) bond motifs is 2. The van der Waals surface area contributed by atoms with Crippen molar-refractivity contribution in [3.63, 3.8) is 0 Å². The molecule has 5 heteroatoms. The van der Waals surface area contributed by atoms with Crippen LogP contribution in [0, 0.1) is 11.6 Å². The third kappa shape index (κ3) is 2.24. The molecule has 2 atom stereocenters. The quantitative estimate of drug-likeness (QED) is 0.829. The molecule has 0 spiro atoms. The fourth-order valence-corrected chi connectivity index (χ4v) is 2.89. The Bertz CT molecular complexity index is 412. The van der Waals surface area contributed by atoms with Gasteiger partial charge in [0.05, 0.1) is 6.20 Å². The Balaban J connectivity index is 1.70. The van der Waals surface area contributed by atoms with Crippen LogP contribution in [-0.4, -0.2) is 23.1 Å². The first-order chi connectivity index (χ1) is 8.20. The molecule has 2 unspecified atom stereocenters. The number of rotatable bonds is 2. The fraction of sp³-hybridized carbons (Fsp3) is 0.583. The Hall–Kier alpha value is -1.23. The van der Waals surface area contributed by atoms with Crippen molar-refractivity contribution in [2.75, 3.05) is 5.32 Å². The molecule has 2 saturated heterocycles. The predicted octanol–water partition coefficient (Wildman–Crippen LogP) is 2.05. The molecular weight excluding hydrogens is 224 g/mol. The van der Waals surface area contributed by atoms with E-state index in [2.05, 4.69) is 15.6 Å². The van der Waals surface area contributed by atoms with Crippen LogP contribution < -0.4 is 10.6 Å². The molecule has 2 aliphatic heterocycles. The van der Waals surface area contributed by atoms with Gasteiger partial charge in [0.25, 0.3) is 0 Å². The molecule has 1 aromatic rings. The topological polar surface area (TPSA) is 37.0 Å². The van der Waals surface area contributed by atoms with Gasteiger partial charge < -0.3 is 10.6 Å². The maximum atomic E-state index is 13.4. The highest BCUT2D eigenvalue weighted by molar-refractivity contribution is 5.37. The van der Waals surface area contributed by atoms with Crippen molar-refractivity contribution in [2.24, 2.45) is 0 Å². The van der Waals surface area contributed by atoms with Crippen LogP contribution in [0.3, 0.4) is 0 Å². The summed E-state index contributed by atoms with van der Waals surface area (Å²) in [6.07, 6.45) is 5.40. The zero-order chi connectivity index (χ0) is 11.8. The van der Waals surface area contributed by atoms with E-state index in [9.17, 15) is 8.78 Å². The van der Waals surface area contributed by atoms with Crippen molar-refractivity contribution in [1.29, 1.82) is 0 Å². The summed E-state index contributed by atoms with van der Waals surface area (Å²) in [4.78, 5) is 3.76. The second-order valence-electron chi connectivity index (χ2n) is 4.93. The van der Waals surface area contributed by atoms with Crippen molar-refractivity contribution in [3.8, 4) is 0 Å². The Kier molecular flexibility index (Phi) is 2.70. The van der Waals surface area contributed by atoms with Crippen molar-refractivity contribution in [3.05, 3.63) is 23.9 Å². The lowest BCUT2D eigenvalue weighted by Gasteiger charge is -2.30. The van der Waals surface area contributed by atoms with Gasteiger partial charge in [0.1, 0.15) is 5.82 Å². The average molecular weight is 239 g/mol. The predicted molar refractivity (Wildman–Crippen MR) is 60.7 cm³/mol. The summed E-state index contributed by atoms with van der Waals surface area (Å²) in [5, 5.41) is 6.60.